The number of carbonyl (C=O) groups is 3. The van der Waals surface area contributed by atoms with E-state index in [0.717, 1.165) is 12.1 Å². The number of anilines is 3. The molecule has 0 aliphatic rings. The van der Waals surface area contributed by atoms with E-state index < -0.39 is 17.6 Å². The van der Waals surface area contributed by atoms with Crippen LogP contribution < -0.4 is 21.3 Å². The number of urea groups is 1. The van der Waals surface area contributed by atoms with Gasteiger partial charge in [0.1, 0.15) is 11.3 Å². The van der Waals surface area contributed by atoms with Gasteiger partial charge in [-0.05, 0) is 71.6 Å². The first-order valence-electron chi connectivity index (χ1n) is 12.0. The number of pyridine rings is 2. The van der Waals surface area contributed by atoms with Crippen LogP contribution in [0.1, 0.15) is 49.3 Å². The van der Waals surface area contributed by atoms with Crippen molar-refractivity contribution in [2.24, 2.45) is 0 Å². The van der Waals surface area contributed by atoms with E-state index in [9.17, 15) is 14.4 Å². The normalized spacial score (nSPS) is 11.9. The van der Waals surface area contributed by atoms with E-state index in [0.29, 0.717) is 23.5 Å². The van der Waals surface area contributed by atoms with Crippen LogP contribution in [0.2, 0.25) is 0 Å². The highest BCUT2D eigenvalue weighted by Gasteiger charge is 2.20. The summed E-state index contributed by atoms with van der Waals surface area (Å²) in [4.78, 5) is 47.9. The van der Waals surface area contributed by atoms with Gasteiger partial charge in [-0.25, -0.2) is 9.59 Å². The number of carbonyl (C=O) groups excluding carboxylic acids is 3. The molecule has 202 valence electrons. The fourth-order valence-corrected chi connectivity index (χ4v) is 4.02. The van der Waals surface area contributed by atoms with Crippen molar-refractivity contribution in [1.29, 1.82) is 0 Å². The zero-order chi connectivity index (χ0) is 27.7. The minimum absolute atomic E-state index is 0.189. The van der Waals surface area contributed by atoms with Crippen molar-refractivity contribution in [3.05, 3.63) is 64.9 Å². The van der Waals surface area contributed by atoms with Gasteiger partial charge >= 0.3 is 12.1 Å². The summed E-state index contributed by atoms with van der Waals surface area (Å²) in [5.74, 6) is -0.436. The molecule has 4 N–H and O–H groups in total. The second kappa shape index (κ2) is 13.0. The number of nitrogens with one attached hydrogen (secondary N) is 4. The van der Waals surface area contributed by atoms with E-state index in [2.05, 4.69) is 31.2 Å². The standard InChI is InChI=1S/C26H33N7O4S/c1-26(2,3)37-25(36)32-22-16-38-15-21(22)30-23(34)20-9-8-17(13-28-20)19(10-12-33(4)5)31-24(35)29-18-7-6-11-27-14-18/h6-9,11,13-16,19H,10,12H2,1-5H3,(H,30,34)(H,32,36)(H2,29,31,35). The lowest BCUT2D eigenvalue weighted by Gasteiger charge is -2.21. The Morgan fingerprint density at radius 3 is 2.37 bits per heavy atom. The van der Waals surface area contributed by atoms with Crippen LogP contribution in [0.5, 0.6) is 0 Å². The Bertz CT molecular complexity index is 1220. The number of rotatable bonds is 9. The van der Waals surface area contributed by atoms with Crippen LogP contribution in [0, 0.1) is 0 Å². The quantitative estimate of drug-likeness (QED) is 0.302. The predicted octanol–water partition coefficient (Wildman–Crippen LogP) is 4.95. The highest BCUT2D eigenvalue weighted by atomic mass is 32.1. The number of amides is 4. The number of hydrogen-bond donors (Lipinski definition) is 4. The highest BCUT2D eigenvalue weighted by molar-refractivity contribution is 7.09. The van der Waals surface area contributed by atoms with Crippen molar-refractivity contribution >= 4 is 46.4 Å². The van der Waals surface area contributed by atoms with Crippen LogP contribution in [-0.4, -0.2) is 59.1 Å². The van der Waals surface area contributed by atoms with Gasteiger partial charge in [0, 0.05) is 23.2 Å². The monoisotopic (exact) mass is 539 g/mol. The molecule has 0 bridgehead atoms. The van der Waals surface area contributed by atoms with E-state index in [1.165, 1.54) is 11.3 Å². The summed E-state index contributed by atoms with van der Waals surface area (Å²) < 4.78 is 5.28. The van der Waals surface area contributed by atoms with Gasteiger partial charge < -0.3 is 25.6 Å². The molecule has 3 rings (SSSR count). The zero-order valence-corrected chi connectivity index (χ0v) is 22.9. The van der Waals surface area contributed by atoms with Crippen molar-refractivity contribution in [3.63, 3.8) is 0 Å². The average Bonchev–Trinajstić information content (AvgIpc) is 3.27. The molecular formula is C26H33N7O4S. The molecule has 38 heavy (non-hydrogen) atoms. The van der Waals surface area contributed by atoms with Gasteiger partial charge in [0.25, 0.3) is 5.91 Å². The molecule has 3 heterocycles. The summed E-state index contributed by atoms with van der Waals surface area (Å²) in [5.41, 5.74) is 1.75. The maximum Gasteiger partial charge on any atom is 0.412 e. The third-order valence-corrected chi connectivity index (χ3v) is 5.80. The van der Waals surface area contributed by atoms with Crippen molar-refractivity contribution in [1.82, 2.24) is 20.2 Å². The molecule has 0 aliphatic heterocycles. The Morgan fingerprint density at radius 1 is 1.03 bits per heavy atom. The summed E-state index contributed by atoms with van der Waals surface area (Å²) >= 11 is 1.32. The number of nitrogens with zero attached hydrogens (tertiary/aromatic N) is 3. The molecule has 1 unspecified atom stereocenters. The van der Waals surface area contributed by atoms with Gasteiger partial charge in [-0.15, -0.1) is 11.3 Å². The number of hydrogen-bond acceptors (Lipinski definition) is 8. The van der Waals surface area contributed by atoms with Crippen LogP contribution >= 0.6 is 11.3 Å². The van der Waals surface area contributed by atoms with Crippen LogP contribution in [0.15, 0.2) is 53.6 Å². The largest absolute Gasteiger partial charge is 0.444 e. The first-order valence-corrected chi connectivity index (χ1v) is 12.9. The average molecular weight is 540 g/mol. The molecule has 4 amide bonds. The van der Waals surface area contributed by atoms with Crippen LogP contribution in [0.25, 0.3) is 0 Å². The van der Waals surface area contributed by atoms with Crippen LogP contribution in [0.4, 0.5) is 26.7 Å². The summed E-state index contributed by atoms with van der Waals surface area (Å²) in [6, 6.07) is 6.14. The Labute approximate surface area is 226 Å². The van der Waals surface area contributed by atoms with Crippen molar-refractivity contribution < 1.29 is 19.1 Å². The summed E-state index contributed by atoms with van der Waals surface area (Å²) in [6.07, 6.45) is 4.79. The summed E-state index contributed by atoms with van der Waals surface area (Å²) in [6.45, 7) is 6.04. The van der Waals surface area contributed by atoms with Crippen molar-refractivity contribution in [2.45, 2.75) is 38.8 Å². The molecule has 0 saturated heterocycles. The Balaban J connectivity index is 1.66. The van der Waals surface area contributed by atoms with E-state index in [4.69, 9.17) is 4.74 Å². The van der Waals surface area contributed by atoms with Crippen molar-refractivity contribution in [3.8, 4) is 0 Å². The fraction of sp³-hybridized carbons (Fsp3) is 0.346. The summed E-state index contributed by atoms with van der Waals surface area (Å²) in [5, 5.41) is 14.6. The maximum absolute atomic E-state index is 12.9. The molecule has 3 aromatic heterocycles. The minimum atomic E-state index is -0.645. The smallest absolute Gasteiger partial charge is 0.412 e. The number of aromatic nitrogens is 2. The van der Waals surface area contributed by atoms with E-state index in [1.807, 2.05) is 19.0 Å². The lowest BCUT2D eigenvalue weighted by Crippen LogP contribution is -2.34. The molecule has 0 aromatic carbocycles. The van der Waals surface area contributed by atoms with Crippen LogP contribution in [0.3, 0.4) is 0 Å². The van der Waals surface area contributed by atoms with Gasteiger partial charge in [-0.2, -0.15) is 0 Å². The number of thiophene rings is 1. The highest BCUT2D eigenvalue weighted by Crippen LogP contribution is 2.28. The second-order valence-electron chi connectivity index (χ2n) is 9.74. The Morgan fingerprint density at radius 2 is 1.76 bits per heavy atom. The second-order valence-corrected chi connectivity index (χ2v) is 10.5. The van der Waals surface area contributed by atoms with E-state index >= 15 is 0 Å². The zero-order valence-electron chi connectivity index (χ0n) is 22.1. The van der Waals surface area contributed by atoms with Gasteiger partial charge in [0.15, 0.2) is 0 Å². The molecule has 12 heteroatoms. The van der Waals surface area contributed by atoms with E-state index in [1.54, 1.807) is 74.4 Å². The molecular weight excluding hydrogens is 506 g/mol. The first-order chi connectivity index (χ1) is 18.0. The summed E-state index contributed by atoms with van der Waals surface area (Å²) in [7, 11) is 3.91. The SMILES string of the molecule is CN(C)CCC(NC(=O)Nc1cccnc1)c1ccc(C(=O)Nc2cscc2NC(=O)OC(C)(C)C)nc1. The lowest BCUT2D eigenvalue weighted by molar-refractivity contribution is 0.0635. The number of ether oxygens (including phenoxy) is 1. The lowest BCUT2D eigenvalue weighted by atomic mass is 10.1. The fourth-order valence-electron chi connectivity index (χ4n) is 3.31. The Kier molecular flexibility index (Phi) is 9.74. The molecule has 3 aromatic rings. The molecule has 0 spiro atoms. The molecule has 0 saturated carbocycles. The van der Waals surface area contributed by atoms with Crippen molar-refractivity contribution in [2.75, 3.05) is 36.6 Å². The first kappa shape index (κ1) is 28.5. The molecule has 11 nitrogen and oxygen atoms in total. The maximum atomic E-state index is 12.9. The predicted molar refractivity (Wildman–Crippen MR) is 149 cm³/mol. The van der Waals surface area contributed by atoms with E-state index in [-0.39, 0.29) is 17.8 Å². The molecule has 0 fully saturated rings. The van der Waals surface area contributed by atoms with Gasteiger partial charge in [-0.1, -0.05) is 6.07 Å². The van der Waals surface area contributed by atoms with Gasteiger partial charge in [0.05, 0.1) is 29.3 Å². The minimum Gasteiger partial charge on any atom is -0.444 e. The molecule has 1 atom stereocenters. The van der Waals surface area contributed by atoms with Crippen LogP contribution in [-0.2, 0) is 4.74 Å². The van der Waals surface area contributed by atoms with Gasteiger partial charge in [-0.3, -0.25) is 20.1 Å². The Hall–Kier alpha value is -4.03. The van der Waals surface area contributed by atoms with Gasteiger partial charge in [0.2, 0.25) is 0 Å². The molecule has 0 radical (unpaired) electrons. The molecule has 0 aliphatic carbocycles. The third-order valence-electron chi connectivity index (χ3n) is 5.06. The topological polar surface area (TPSA) is 138 Å². The third kappa shape index (κ3) is 9.12.